The molecule has 2 saturated heterocycles. The largest absolute Gasteiger partial charge is 0.457 e. The van der Waals surface area contributed by atoms with Crippen LogP contribution in [0.3, 0.4) is 0 Å². The van der Waals surface area contributed by atoms with Crippen LogP contribution >= 0.6 is 0 Å². The summed E-state index contributed by atoms with van der Waals surface area (Å²) in [5, 5.41) is 3.42. The zero-order valence-corrected chi connectivity index (χ0v) is 9.04. The van der Waals surface area contributed by atoms with Crippen LogP contribution in [0.2, 0.25) is 0 Å². The molecule has 0 aromatic heterocycles. The van der Waals surface area contributed by atoms with Crippen molar-refractivity contribution in [2.75, 3.05) is 19.8 Å². The van der Waals surface area contributed by atoms with Gasteiger partial charge in [0.1, 0.15) is 6.10 Å². The fourth-order valence-electron chi connectivity index (χ4n) is 1.99. The van der Waals surface area contributed by atoms with Gasteiger partial charge in [0, 0.05) is 12.5 Å². The van der Waals surface area contributed by atoms with E-state index in [1.807, 2.05) is 0 Å². The van der Waals surface area contributed by atoms with Crippen molar-refractivity contribution in [3.63, 3.8) is 0 Å². The molecule has 86 valence electrons. The first-order valence-corrected chi connectivity index (χ1v) is 5.85. The highest BCUT2D eigenvalue weighted by molar-refractivity contribution is 5.69. The molecule has 2 aliphatic heterocycles. The summed E-state index contributed by atoms with van der Waals surface area (Å²) in [6, 6.07) is 0.518. The minimum Gasteiger partial charge on any atom is -0.457 e. The molecule has 0 saturated carbocycles. The molecule has 1 unspecified atom stereocenters. The van der Waals surface area contributed by atoms with Gasteiger partial charge in [0.15, 0.2) is 0 Å². The lowest BCUT2D eigenvalue weighted by atomic mass is 10.0. The third kappa shape index (κ3) is 3.47. The van der Waals surface area contributed by atoms with Crippen molar-refractivity contribution < 1.29 is 14.3 Å². The molecule has 0 aliphatic carbocycles. The molecule has 2 heterocycles. The third-order valence-corrected chi connectivity index (χ3v) is 3.01. The number of hydrogen-bond donors (Lipinski definition) is 1. The second-order valence-corrected chi connectivity index (χ2v) is 4.33. The highest BCUT2D eigenvalue weighted by Crippen LogP contribution is 2.13. The van der Waals surface area contributed by atoms with Gasteiger partial charge in [-0.25, -0.2) is 0 Å². The van der Waals surface area contributed by atoms with E-state index in [9.17, 15) is 4.79 Å². The molecule has 0 bridgehead atoms. The predicted octanol–water partition coefficient (Wildman–Crippen LogP) is 0.851. The van der Waals surface area contributed by atoms with Crippen molar-refractivity contribution in [1.82, 2.24) is 5.32 Å². The number of esters is 1. The van der Waals surface area contributed by atoms with Gasteiger partial charge in [-0.1, -0.05) is 6.42 Å². The molecule has 15 heavy (non-hydrogen) atoms. The fraction of sp³-hybridized carbons (Fsp3) is 0.909. The van der Waals surface area contributed by atoms with Gasteiger partial charge in [0.2, 0.25) is 0 Å². The number of rotatable bonds is 4. The van der Waals surface area contributed by atoms with Gasteiger partial charge in [-0.15, -0.1) is 0 Å². The van der Waals surface area contributed by atoms with Crippen LogP contribution in [-0.4, -0.2) is 37.9 Å². The molecular weight excluding hydrogens is 194 g/mol. The summed E-state index contributed by atoms with van der Waals surface area (Å²) in [6.45, 7) is 2.25. The highest BCUT2D eigenvalue weighted by Gasteiger charge is 2.23. The monoisotopic (exact) mass is 213 g/mol. The summed E-state index contributed by atoms with van der Waals surface area (Å²) >= 11 is 0. The molecule has 0 aromatic rings. The van der Waals surface area contributed by atoms with Crippen LogP contribution in [0.1, 0.15) is 32.1 Å². The number of carbonyl (C=O) groups is 1. The summed E-state index contributed by atoms with van der Waals surface area (Å²) in [7, 11) is 0. The summed E-state index contributed by atoms with van der Waals surface area (Å²) in [5.74, 6) is -0.0735. The van der Waals surface area contributed by atoms with Gasteiger partial charge in [-0.05, 0) is 25.8 Å². The van der Waals surface area contributed by atoms with E-state index in [1.54, 1.807) is 0 Å². The van der Waals surface area contributed by atoms with E-state index >= 15 is 0 Å². The molecule has 4 heteroatoms. The van der Waals surface area contributed by atoms with E-state index in [2.05, 4.69) is 5.32 Å². The molecule has 0 amide bonds. The third-order valence-electron chi connectivity index (χ3n) is 3.01. The van der Waals surface area contributed by atoms with Crippen LogP contribution in [0.5, 0.6) is 0 Å². The summed E-state index contributed by atoms with van der Waals surface area (Å²) in [4.78, 5) is 11.4. The molecule has 2 fully saturated rings. The van der Waals surface area contributed by atoms with Crippen LogP contribution in [0, 0.1) is 0 Å². The van der Waals surface area contributed by atoms with Gasteiger partial charge in [0.05, 0.1) is 13.2 Å². The first-order chi connectivity index (χ1) is 7.34. The van der Waals surface area contributed by atoms with Crippen molar-refractivity contribution in [2.45, 2.75) is 44.2 Å². The maximum atomic E-state index is 11.4. The topological polar surface area (TPSA) is 47.6 Å². The quantitative estimate of drug-likeness (QED) is 0.703. The Bertz CT molecular complexity index is 210. The van der Waals surface area contributed by atoms with E-state index in [1.165, 1.54) is 19.3 Å². The first-order valence-electron chi connectivity index (χ1n) is 5.85. The van der Waals surface area contributed by atoms with Crippen molar-refractivity contribution in [3.8, 4) is 0 Å². The van der Waals surface area contributed by atoms with Crippen LogP contribution in [-0.2, 0) is 14.3 Å². The summed E-state index contributed by atoms with van der Waals surface area (Å²) < 4.78 is 10.1. The number of hydrogen-bond acceptors (Lipinski definition) is 4. The maximum absolute atomic E-state index is 11.4. The summed E-state index contributed by atoms with van der Waals surface area (Å²) in [6.07, 6.45) is 5.21. The van der Waals surface area contributed by atoms with Gasteiger partial charge >= 0.3 is 5.97 Å². The van der Waals surface area contributed by atoms with Gasteiger partial charge in [0.25, 0.3) is 0 Å². The van der Waals surface area contributed by atoms with Crippen LogP contribution < -0.4 is 5.32 Å². The molecule has 2 aliphatic rings. The van der Waals surface area contributed by atoms with Gasteiger partial charge in [-0.3, -0.25) is 4.79 Å². The lowest BCUT2D eigenvalue weighted by Crippen LogP contribution is -2.38. The smallest absolute Gasteiger partial charge is 0.306 e. The molecule has 1 N–H and O–H groups in total. The average Bonchev–Trinajstić information content (AvgIpc) is 2.22. The Kier molecular flexibility index (Phi) is 3.97. The van der Waals surface area contributed by atoms with Crippen LogP contribution in [0.15, 0.2) is 0 Å². The Morgan fingerprint density at radius 3 is 2.87 bits per heavy atom. The summed E-state index contributed by atoms with van der Waals surface area (Å²) in [5.41, 5.74) is 0. The minimum absolute atomic E-state index is 0.0248. The number of nitrogens with one attached hydrogen (secondary N) is 1. The van der Waals surface area contributed by atoms with Gasteiger partial charge in [-0.2, -0.15) is 0 Å². The number of carbonyl (C=O) groups excluding carboxylic acids is 1. The SMILES string of the molecule is O=C(CCC1CCCCN1)OC1COC1. The van der Waals surface area contributed by atoms with E-state index in [0.717, 1.165) is 13.0 Å². The number of ether oxygens (including phenoxy) is 2. The second kappa shape index (κ2) is 5.47. The Hall–Kier alpha value is -0.610. The van der Waals surface area contributed by atoms with Crippen LogP contribution in [0.4, 0.5) is 0 Å². The molecular formula is C11H19NO3. The Morgan fingerprint density at radius 1 is 1.40 bits per heavy atom. The maximum Gasteiger partial charge on any atom is 0.306 e. The zero-order chi connectivity index (χ0) is 10.5. The van der Waals surface area contributed by atoms with Crippen molar-refractivity contribution in [2.24, 2.45) is 0 Å². The lowest BCUT2D eigenvalue weighted by molar-refractivity contribution is -0.172. The molecule has 0 spiro atoms. The fourth-order valence-corrected chi connectivity index (χ4v) is 1.99. The van der Waals surface area contributed by atoms with Crippen molar-refractivity contribution >= 4 is 5.97 Å². The molecule has 1 atom stereocenters. The Labute approximate surface area is 90.3 Å². The minimum atomic E-state index is -0.0735. The van der Waals surface area contributed by atoms with E-state index < -0.39 is 0 Å². The molecule has 4 nitrogen and oxygen atoms in total. The van der Waals surface area contributed by atoms with Crippen LogP contribution in [0.25, 0.3) is 0 Å². The predicted molar refractivity (Wildman–Crippen MR) is 55.6 cm³/mol. The van der Waals surface area contributed by atoms with E-state index in [4.69, 9.17) is 9.47 Å². The van der Waals surface area contributed by atoms with Crippen molar-refractivity contribution in [3.05, 3.63) is 0 Å². The molecule has 2 rings (SSSR count). The standard InChI is InChI=1S/C11H19NO3/c13-11(15-10-7-14-8-10)5-4-9-3-1-2-6-12-9/h9-10,12H,1-8H2. The van der Waals surface area contributed by atoms with Crippen molar-refractivity contribution in [1.29, 1.82) is 0 Å². The number of piperidine rings is 1. The van der Waals surface area contributed by atoms with E-state index in [0.29, 0.717) is 25.7 Å². The highest BCUT2D eigenvalue weighted by atomic mass is 16.6. The Balaban J connectivity index is 1.57. The lowest BCUT2D eigenvalue weighted by Gasteiger charge is -2.26. The Morgan fingerprint density at radius 2 is 2.27 bits per heavy atom. The first kappa shape index (κ1) is 10.9. The van der Waals surface area contributed by atoms with Gasteiger partial charge < -0.3 is 14.8 Å². The molecule has 0 aromatic carbocycles. The second-order valence-electron chi connectivity index (χ2n) is 4.33. The molecule has 0 radical (unpaired) electrons. The zero-order valence-electron chi connectivity index (χ0n) is 9.04. The average molecular weight is 213 g/mol. The van der Waals surface area contributed by atoms with E-state index in [-0.39, 0.29) is 12.1 Å². The normalized spacial score (nSPS) is 27.1.